The van der Waals surface area contributed by atoms with Crippen LogP contribution in [-0.2, 0) is 13.1 Å². The first-order valence-corrected chi connectivity index (χ1v) is 9.24. The molecule has 0 bridgehead atoms. The van der Waals surface area contributed by atoms with Gasteiger partial charge in [-0.25, -0.2) is 0 Å². The SMILES string of the molecule is Oc1ccc(CNc2cccc3c(NCc4ccc(O)cc4)cccc23)cc1. The van der Waals surface area contributed by atoms with Crippen LogP contribution in [0.5, 0.6) is 11.5 Å². The van der Waals surface area contributed by atoms with Gasteiger partial charge in [0.15, 0.2) is 0 Å². The summed E-state index contributed by atoms with van der Waals surface area (Å²) >= 11 is 0. The van der Waals surface area contributed by atoms with Crippen LogP contribution < -0.4 is 10.6 Å². The first-order chi connectivity index (χ1) is 13.7. The second kappa shape index (κ2) is 7.92. The summed E-state index contributed by atoms with van der Waals surface area (Å²) in [5.74, 6) is 0.552. The molecule has 4 aromatic carbocycles. The maximum atomic E-state index is 9.42. The zero-order valence-corrected chi connectivity index (χ0v) is 15.4. The predicted molar refractivity (Wildman–Crippen MR) is 115 cm³/mol. The number of hydrogen-bond acceptors (Lipinski definition) is 4. The van der Waals surface area contributed by atoms with Crippen molar-refractivity contribution in [2.24, 2.45) is 0 Å². The molecule has 0 unspecified atom stereocenters. The van der Waals surface area contributed by atoms with Crippen LogP contribution in [0.2, 0.25) is 0 Å². The molecule has 0 aliphatic rings. The summed E-state index contributed by atoms with van der Waals surface area (Å²) in [7, 11) is 0. The summed E-state index contributed by atoms with van der Waals surface area (Å²) in [6.07, 6.45) is 0. The Balaban J connectivity index is 1.53. The molecule has 0 aliphatic heterocycles. The second-order valence-electron chi connectivity index (χ2n) is 6.75. The van der Waals surface area contributed by atoms with E-state index in [-0.39, 0.29) is 11.5 Å². The van der Waals surface area contributed by atoms with E-state index in [9.17, 15) is 10.2 Å². The molecule has 0 atom stereocenters. The quantitative estimate of drug-likeness (QED) is 0.363. The molecule has 0 aromatic heterocycles. The van der Waals surface area contributed by atoms with Crippen molar-refractivity contribution >= 4 is 22.1 Å². The van der Waals surface area contributed by atoms with Gasteiger partial charge < -0.3 is 20.8 Å². The van der Waals surface area contributed by atoms with Gasteiger partial charge in [-0.1, -0.05) is 48.5 Å². The van der Waals surface area contributed by atoms with E-state index in [0.717, 1.165) is 33.3 Å². The van der Waals surface area contributed by atoms with E-state index in [1.54, 1.807) is 24.3 Å². The molecule has 28 heavy (non-hydrogen) atoms. The summed E-state index contributed by atoms with van der Waals surface area (Å²) in [5.41, 5.74) is 4.35. The van der Waals surface area contributed by atoms with E-state index in [1.165, 1.54) is 0 Å². The van der Waals surface area contributed by atoms with Gasteiger partial charge in [-0.3, -0.25) is 0 Å². The van der Waals surface area contributed by atoms with Crippen LogP contribution in [0.4, 0.5) is 11.4 Å². The number of hydrogen-bond donors (Lipinski definition) is 4. The molecule has 140 valence electrons. The van der Waals surface area contributed by atoms with Gasteiger partial charge in [-0.2, -0.15) is 0 Å². The average Bonchev–Trinajstić information content (AvgIpc) is 2.73. The monoisotopic (exact) mass is 370 g/mol. The fourth-order valence-electron chi connectivity index (χ4n) is 3.24. The highest BCUT2D eigenvalue weighted by Crippen LogP contribution is 2.30. The fourth-order valence-corrected chi connectivity index (χ4v) is 3.24. The number of benzene rings is 4. The van der Waals surface area contributed by atoms with E-state index in [2.05, 4.69) is 34.9 Å². The summed E-state index contributed by atoms with van der Waals surface area (Å²) in [6, 6.07) is 26.9. The number of rotatable bonds is 6. The van der Waals surface area contributed by atoms with Crippen molar-refractivity contribution in [3.05, 3.63) is 96.1 Å². The predicted octanol–water partition coefficient (Wildman–Crippen LogP) is 5.48. The van der Waals surface area contributed by atoms with Crippen molar-refractivity contribution in [2.45, 2.75) is 13.1 Å². The van der Waals surface area contributed by atoms with Crippen LogP contribution >= 0.6 is 0 Å². The maximum absolute atomic E-state index is 9.42. The van der Waals surface area contributed by atoms with Gasteiger partial charge in [0.25, 0.3) is 0 Å². The van der Waals surface area contributed by atoms with Gasteiger partial charge in [0.05, 0.1) is 0 Å². The van der Waals surface area contributed by atoms with Crippen molar-refractivity contribution < 1.29 is 10.2 Å². The zero-order chi connectivity index (χ0) is 19.3. The molecule has 4 N–H and O–H groups in total. The van der Waals surface area contributed by atoms with Crippen LogP contribution in [0.25, 0.3) is 10.8 Å². The van der Waals surface area contributed by atoms with Gasteiger partial charge in [0.1, 0.15) is 11.5 Å². The highest BCUT2D eigenvalue weighted by atomic mass is 16.3. The van der Waals surface area contributed by atoms with Crippen LogP contribution in [0.15, 0.2) is 84.9 Å². The normalized spacial score (nSPS) is 10.7. The number of phenols is 2. The van der Waals surface area contributed by atoms with Gasteiger partial charge in [-0.15, -0.1) is 0 Å². The summed E-state index contributed by atoms with van der Waals surface area (Å²) in [5, 5.41) is 28.1. The average molecular weight is 370 g/mol. The lowest BCUT2D eigenvalue weighted by Gasteiger charge is -2.14. The minimum absolute atomic E-state index is 0.276. The third kappa shape index (κ3) is 4.01. The largest absolute Gasteiger partial charge is 0.508 e. The Morgan fingerprint density at radius 1 is 0.500 bits per heavy atom. The smallest absolute Gasteiger partial charge is 0.115 e. The maximum Gasteiger partial charge on any atom is 0.115 e. The topological polar surface area (TPSA) is 64.5 Å². The molecule has 4 aromatic rings. The first-order valence-electron chi connectivity index (χ1n) is 9.24. The standard InChI is InChI=1S/C24H22N2O2/c27-19-11-7-17(8-12-19)15-25-23-5-1-3-21-22(23)4-2-6-24(21)26-16-18-9-13-20(28)14-10-18/h1-14,25-28H,15-16H2. The van der Waals surface area contributed by atoms with Crippen molar-refractivity contribution in [1.29, 1.82) is 0 Å². The fraction of sp³-hybridized carbons (Fsp3) is 0.0833. The van der Waals surface area contributed by atoms with Crippen LogP contribution in [-0.4, -0.2) is 10.2 Å². The highest BCUT2D eigenvalue weighted by Gasteiger charge is 2.05. The van der Waals surface area contributed by atoms with E-state index in [0.29, 0.717) is 13.1 Å². The molecule has 0 radical (unpaired) electrons. The molecule has 0 aliphatic carbocycles. The lowest BCUT2D eigenvalue weighted by Crippen LogP contribution is -2.02. The Kier molecular flexibility index (Phi) is 5.02. The molecule has 0 saturated heterocycles. The van der Waals surface area contributed by atoms with E-state index in [1.807, 2.05) is 36.4 Å². The lowest BCUT2D eigenvalue weighted by atomic mass is 10.1. The van der Waals surface area contributed by atoms with Gasteiger partial charge in [-0.05, 0) is 47.5 Å². The summed E-state index contributed by atoms with van der Waals surface area (Å²) < 4.78 is 0. The molecule has 0 heterocycles. The van der Waals surface area contributed by atoms with Gasteiger partial charge in [0, 0.05) is 35.2 Å². The van der Waals surface area contributed by atoms with E-state index in [4.69, 9.17) is 0 Å². The third-order valence-electron chi connectivity index (χ3n) is 4.76. The lowest BCUT2D eigenvalue weighted by molar-refractivity contribution is 0.474. The summed E-state index contributed by atoms with van der Waals surface area (Å²) in [4.78, 5) is 0. The Morgan fingerprint density at radius 3 is 1.29 bits per heavy atom. The van der Waals surface area contributed by atoms with Crippen molar-refractivity contribution in [2.75, 3.05) is 10.6 Å². The number of anilines is 2. The number of fused-ring (bicyclic) bond motifs is 1. The molecule has 0 amide bonds. The number of phenolic OH excluding ortho intramolecular Hbond substituents is 2. The molecular formula is C24H22N2O2. The minimum Gasteiger partial charge on any atom is -0.508 e. The van der Waals surface area contributed by atoms with Crippen LogP contribution in [0.1, 0.15) is 11.1 Å². The van der Waals surface area contributed by atoms with E-state index >= 15 is 0 Å². The highest BCUT2D eigenvalue weighted by molar-refractivity contribution is 6.01. The van der Waals surface area contributed by atoms with Crippen LogP contribution in [0.3, 0.4) is 0 Å². The number of aromatic hydroxyl groups is 2. The molecule has 4 rings (SSSR count). The molecule has 0 spiro atoms. The molecular weight excluding hydrogens is 348 g/mol. The molecule has 4 heteroatoms. The van der Waals surface area contributed by atoms with Crippen molar-refractivity contribution in [1.82, 2.24) is 0 Å². The Bertz CT molecular complexity index is 985. The minimum atomic E-state index is 0.276. The Morgan fingerprint density at radius 2 is 0.893 bits per heavy atom. The number of nitrogens with one attached hydrogen (secondary N) is 2. The molecule has 0 fully saturated rings. The first kappa shape index (κ1) is 17.7. The molecule has 4 nitrogen and oxygen atoms in total. The van der Waals surface area contributed by atoms with Gasteiger partial charge >= 0.3 is 0 Å². The van der Waals surface area contributed by atoms with E-state index < -0.39 is 0 Å². The van der Waals surface area contributed by atoms with Crippen LogP contribution in [0, 0.1) is 0 Å². The van der Waals surface area contributed by atoms with Crippen molar-refractivity contribution in [3.63, 3.8) is 0 Å². The zero-order valence-electron chi connectivity index (χ0n) is 15.4. The third-order valence-corrected chi connectivity index (χ3v) is 4.76. The molecule has 0 saturated carbocycles. The summed E-state index contributed by atoms with van der Waals surface area (Å²) in [6.45, 7) is 1.37. The van der Waals surface area contributed by atoms with Crippen molar-refractivity contribution in [3.8, 4) is 11.5 Å². The Hall–Kier alpha value is -3.66. The Labute approximate surface area is 164 Å². The van der Waals surface area contributed by atoms with Gasteiger partial charge in [0.2, 0.25) is 0 Å². The second-order valence-corrected chi connectivity index (χ2v) is 6.75.